The minimum atomic E-state index is -0.226. The molecule has 0 saturated heterocycles. The summed E-state index contributed by atoms with van der Waals surface area (Å²) < 4.78 is 4.91. The third-order valence-corrected chi connectivity index (χ3v) is 4.41. The summed E-state index contributed by atoms with van der Waals surface area (Å²) in [4.78, 5) is 11.9. The van der Waals surface area contributed by atoms with Crippen LogP contribution in [0.1, 0.15) is 45.5 Å². The predicted molar refractivity (Wildman–Crippen MR) is 88.3 cm³/mol. The molecular formula is C20H22O2. The molecule has 0 spiro atoms. The van der Waals surface area contributed by atoms with E-state index in [-0.39, 0.29) is 5.97 Å². The molecule has 0 fully saturated rings. The highest BCUT2D eigenvalue weighted by molar-refractivity contribution is 5.91. The van der Waals surface area contributed by atoms with Crippen LogP contribution in [0, 0.1) is 0 Å². The highest BCUT2D eigenvalue weighted by Crippen LogP contribution is 2.20. The number of carbonyl (C=O) groups excluding carboxylic acids is 1. The molecule has 4 bridgehead atoms. The molecular weight excluding hydrogens is 272 g/mol. The topological polar surface area (TPSA) is 26.3 Å². The highest BCUT2D eigenvalue weighted by Gasteiger charge is 2.13. The van der Waals surface area contributed by atoms with Crippen LogP contribution in [0.4, 0.5) is 0 Å². The van der Waals surface area contributed by atoms with Crippen molar-refractivity contribution in [2.24, 2.45) is 0 Å². The van der Waals surface area contributed by atoms with Crippen molar-refractivity contribution in [1.29, 1.82) is 0 Å². The van der Waals surface area contributed by atoms with E-state index < -0.39 is 0 Å². The number of rotatable bonds is 1. The van der Waals surface area contributed by atoms with Crippen LogP contribution < -0.4 is 0 Å². The standard InChI is InChI=1S/C20H22O2/c1-22-20(21)19-12-11-17-8-3-7-15-5-2-6-16(13-15)9-4-10-18(19)14-17/h2,5-6,11-14H,3-4,7-10H2,1H3. The minimum absolute atomic E-state index is 0.226. The summed E-state index contributed by atoms with van der Waals surface area (Å²) in [6.45, 7) is 0. The molecule has 3 rings (SSSR count). The van der Waals surface area contributed by atoms with Gasteiger partial charge in [-0.3, -0.25) is 0 Å². The van der Waals surface area contributed by atoms with Gasteiger partial charge in [0.1, 0.15) is 0 Å². The molecule has 0 aromatic heterocycles. The predicted octanol–water partition coefficient (Wildman–Crippen LogP) is 4.14. The second-order valence-corrected chi connectivity index (χ2v) is 6.01. The van der Waals surface area contributed by atoms with E-state index in [0.29, 0.717) is 0 Å². The number of hydrogen-bond donors (Lipinski definition) is 0. The number of ether oxygens (including phenoxy) is 1. The molecule has 2 heteroatoms. The second kappa shape index (κ2) is 6.78. The number of hydrogen-bond acceptors (Lipinski definition) is 2. The minimum Gasteiger partial charge on any atom is -0.465 e. The number of aryl methyl sites for hydroxylation is 4. The summed E-state index contributed by atoms with van der Waals surface area (Å²) in [5, 5.41) is 0. The molecule has 2 aromatic rings. The lowest BCUT2D eigenvalue weighted by molar-refractivity contribution is 0.0599. The van der Waals surface area contributed by atoms with Gasteiger partial charge in [0, 0.05) is 0 Å². The molecule has 0 saturated carbocycles. The van der Waals surface area contributed by atoms with E-state index in [1.807, 2.05) is 6.07 Å². The first-order chi connectivity index (χ1) is 10.8. The fraction of sp³-hybridized carbons (Fsp3) is 0.350. The molecule has 1 aliphatic carbocycles. The summed E-state index contributed by atoms with van der Waals surface area (Å²) in [5.74, 6) is -0.226. The van der Waals surface area contributed by atoms with Crippen molar-refractivity contribution in [3.63, 3.8) is 0 Å². The molecule has 22 heavy (non-hydrogen) atoms. The van der Waals surface area contributed by atoms with Gasteiger partial charge in [-0.1, -0.05) is 36.4 Å². The van der Waals surface area contributed by atoms with E-state index in [1.54, 1.807) is 0 Å². The molecule has 2 nitrogen and oxygen atoms in total. The Kier molecular flexibility index (Phi) is 4.57. The summed E-state index contributed by atoms with van der Waals surface area (Å²) in [6.07, 6.45) is 6.33. The molecule has 0 N–H and O–H groups in total. The third-order valence-electron chi connectivity index (χ3n) is 4.41. The van der Waals surface area contributed by atoms with E-state index in [1.165, 1.54) is 23.8 Å². The summed E-state index contributed by atoms with van der Waals surface area (Å²) >= 11 is 0. The zero-order chi connectivity index (χ0) is 15.4. The average Bonchev–Trinajstić information content (AvgIpc) is 2.54. The van der Waals surface area contributed by atoms with Crippen LogP contribution >= 0.6 is 0 Å². The summed E-state index contributed by atoms with van der Waals surface area (Å²) in [7, 11) is 1.45. The lowest BCUT2D eigenvalue weighted by Gasteiger charge is -2.13. The van der Waals surface area contributed by atoms with Crippen molar-refractivity contribution >= 4 is 5.97 Å². The van der Waals surface area contributed by atoms with E-state index >= 15 is 0 Å². The van der Waals surface area contributed by atoms with Crippen molar-refractivity contribution in [2.75, 3.05) is 7.11 Å². The van der Waals surface area contributed by atoms with Gasteiger partial charge < -0.3 is 4.74 Å². The molecule has 0 unspecified atom stereocenters. The Bertz CT molecular complexity index is 673. The van der Waals surface area contributed by atoms with Gasteiger partial charge in [-0.05, 0) is 66.8 Å². The summed E-state index contributed by atoms with van der Waals surface area (Å²) in [6, 6.07) is 15.1. The van der Waals surface area contributed by atoms with Gasteiger partial charge in [-0.15, -0.1) is 0 Å². The molecule has 114 valence electrons. The SMILES string of the molecule is COC(=O)c1ccc2cc1CCCc1cccc(c1)CCC2. The van der Waals surface area contributed by atoms with Gasteiger partial charge in [0.2, 0.25) is 0 Å². The Hall–Kier alpha value is -2.09. The van der Waals surface area contributed by atoms with Gasteiger partial charge in [-0.25, -0.2) is 4.79 Å². The van der Waals surface area contributed by atoms with Crippen molar-refractivity contribution in [3.8, 4) is 0 Å². The molecule has 0 radical (unpaired) electrons. The van der Waals surface area contributed by atoms with Crippen LogP contribution in [0.3, 0.4) is 0 Å². The van der Waals surface area contributed by atoms with Gasteiger partial charge in [-0.2, -0.15) is 0 Å². The lowest BCUT2D eigenvalue weighted by Crippen LogP contribution is -2.07. The monoisotopic (exact) mass is 294 g/mol. The van der Waals surface area contributed by atoms with E-state index in [2.05, 4.69) is 36.4 Å². The fourth-order valence-corrected chi connectivity index (χ4v) is 3.24. The maximum Gasteiger partial charge on any atom is 0.338 e. The van der Waals surface area contributed by atoms with E-state index in [9.17, 15) is 4.79 Å². The lowest BCUT2D eigenvalue weighted by atomic mass is 9.93. The molecule has 0 heterocycles. The Morgan fingerprint density at radius 3 is 2.18 bits per heavy atom. The summed E-state index contributed by atoms with van der Waals surface area (Å²) in [5.41, 5.74) is 6.00. The van der Waals surface area contributed by atoms with E-state index in [0.717, 1.165) is 49.7 Å². The average molecular weight is 294 g/mol. The smallest absolute Gasteiger partial charge is 0.338 e. The Labute approximate surface area is 132 Å². The third kappa shape index (κ3) is 3.38. The first kappa shape index (κ1) is 14.8. The van der Waals surface area contributed by atoms with Gasteiger partial charge >= 0.3 is 5.97 Å². The van der Waals surface area contributed by atoms with Crippen molar-refractivity contribution < 1.29 is 9.53 Å². The Morgan fingerprint density at radius 1 is 0.864 bits per heavy atom. The van der Waals surface area contributed by atoms with Crippen molar-refractivity contribution in [1.82, 2.24) is 0 Å². The van der Waals surface area contributed by atoms with Gasteiger partial charge in [0.15, 0.2) is 0 Å². The quantitative estimate of drug-likeness (QED) is 0.739. The largest absolute Gasteiger partial charge is 0.465 e. The van der Waals surface area contributed by atoms with Crippen LogP contribution in [0.15, 0.2) is 42.5 Å². The molecule has 1 aliphatic rings. The first-order valence-corrected chi connectivity index (χ1v) is 8.04. The maximum absolute atomic E-state index is 11.9. The van der Waals surface area contributed by atoms with Crippen molar-refractivity contribution in [2.45, 2.75) is 38.5 Å². The zero-order valence-electron chi connectivity index (χ0n) is 13.1. The molecule has 0 aliphatic heterocycles. The van der Waals surface area contributed by atoms with E-state index in [4.69, 9.17) is 4.74 Å². The van der Waals surface area contributed by atoms with Crippen LogP contribution in [-0.2, 0) is 30.4 Å². The van der Waals surface area contributed by atoms with Crippen LogP contribution in [0.2, 0.25) is 0 Å². The number of esters is 1. The molecule has 0 atom stereocenters. The Morgan fingerprint density at radius 2 is 1.50 bits per heavy atom. The molecule has 0 amide bonds. The van der Waals surface area contributed by atoms with Gasteiger partial charge in [0.05, 0.1) is 12.7 Å². The van der Waals surface area contributed by atoms with Crippen LogP contribution in [0.25, 0.3) is 0 Å². The number of carbonyl (C=O) groups is 1. The maximum atomic E-state index is 11.9. The van der Waals surface area contributed by atoms with Crippen LogP contribution in [0.5, 0.6) is 0 Å². The van der Waals surface area contributed by atoms with Gasteiger partial charge in [0.25, 0.3) is 0 Å². The highest BCUT2D eigenvalue weighted by atomic mass is 16.5. The zero-order valence-corrected chi connectivity index (χ0v) is 13.1. The van der Waals surface area contributed by atoms with Crippen LogP contribution in [-0.4, -0.2) is 13.1 Å². The van der Waals surface area contributed by atoms with Crippen molar-refractivity contribution in [3.05, 3.63) is 70.3 Å². The number of methoxy groups -OCH3 is 1. The normalized spacial score (nSPS) is 14.6. The second-order valence-electron chi connectivity index (χ2n) is 6.01. The first-order valence-electron chi connectivity index (χ1n) is 8.04. The number of fused-ring (bicyclic) bond motifs is 4. The Balaban J connectivity index is 1.88. The molecule has 2 aromatic carbocycles. The number of benzene rings is 2. The fourth-order valence-electron chi connectivity index (χ4n) is 3.24.